The molecule has 5 heteroatoms. The fourth-order valence-electron chi connectivity index (χ4n) is 1.43. The quantitative estimate of drug-likeness (QED) is 0.437. The Labute approximate surface area is 84.6 Å². The zero-order chi connectivity index (χ0) is 10.8. The van der Waals surface area contributed by atoms with Crippen LogP contribution in [0.5, 0.6) is 0 Å². The van der Waals surface area contributed by atoms with E-state index in [0.29, 0.717) is 11.3 Å². The molecule has 0 fully saturated rings. The van der Waals surface area contributed by atoms with Gasteiger partial charge in [0.25, 0.3) is 0 Å². The molecular formula is C10H8N3O2+. The molecule has 5 nitrogen and oxygen atoms in total. The lowest BCUT2D eigenvalue weighted by atomic mass is 10.1. The van der Waals surface area contributed by atoms with Crippen LogP contribution in [-0.2, 0) is 0 Å². The monoisotopic (exact) mass is 202 g/mol. The minimum absolute atomic E-state index is 0.389. The van der Waals surface area contributed by atoms with Crippen LogP contribution in [0.15, 0.2) is 38.6 Å². The number of rotatable bonds is 1. The molecule has 0 atom stereocenters. The molecule has 74 valence electrons. The third kappa shape index (κ3) is 1.68. The van der Waals surface area contributed by atoms with Crippen molar-refractivity contribution in [3.05, 3.63) is 40.2 Å². The third-order valence-electron chi connectivity index (χ3n) is 2.10. The van der Waals surface area contributed by atoms with Crippen molar-refractivity contribution in [1.29, 1.82) is 5.53 Å². The largest absolute Gasteiger partial charge is 0.423 e. The van der Waals surface area contributed by atoms with Gasteiger partial charge in [0.1, 0.15) is 11.1 Å². The summed E-state index contributed by atoms with van der Waals surface area (Å²) in [7, 11) is 0. The van der Waals surface area contributed by atoms with Gasteiger partial charge in [-0.1, -0.05) is 0 Å². The van der Waals surface area contributed by atoms with Gasteiger partial charge in [-0.15, -0.1) is 0 Å². The molecule has 1 N–H and O–H groups in total. The van der Waals surface area contributed by atoms with E-state index in [4.69, 9.17) is 9.95 Å². The maximum absolute atomic E-state index is 11.1. The lowest BCUT2D eigenvalue weighted by Gasteiger charge is -1.98. The van der Waals surface area contributed by atoms with Gasteiger partial charge in [-0.3, -0.25) is 0 Å². The van der Waals surface area contributed by atoms with E-state index in [2.05, 4.69) is 10.0 Å². The Balaban J connectivity index is 2.81. The fourth-order valence-corrected chi connectivity index (χ4v) is 1.43. The van der Waals surface area contributed by atoms with Gasteiger partial charge in [-0.05, 0) is 24.6 Å². The second kappa shape index (κ2) is 3.48. The molecule has 2 rings (SSSR count). The lowest BCUT2D eigenvalue weighted by molar-refractivity contribution is 0.560. The molecule has 0 spiro atoms. The predicted molar refractivity (Wildman–Crippen MR) is 54.2 cm³/mol. The van der Waals surface area contributed by atoms with Crippen molar-refractivity contribution >= 4 is 16.7 Å². The van der Waals surface area contributed by atoms with E-state index in [9.17, 15) is 4.79 Å². The summed E-state index contributed by atoms with van der Waals surface area (Å²) >= 11 is 0. The lowest BCUT2D eigenvalue weighted by Crippen LogP contribution is -1.97. The van der Waals surface area contributed by atoms with Crippen molar-refractivity contribution in [2.75, 3.05) is 0 Å². The number of fused-ring (bicyclic) bond motifs is 1. The van der Waals surface area contributed by atoms with E-state index in [0.717, 1.165) is 10.9 Å². The molecule has 0 aliphatic heterocycles. The van der Waals surface area contributed by atoms with Gasteiger partial charge in [0.2, 0.25) is 4.91 Å². The van der Waals surface area contributed by atoms with Crippen molar-refractivity contribution in [2.45, 2.75) is 6.92 Å². The molecule has 1 aromatic carbocycles. The first-order valence-electron chi connectivity index (χ1n) is 4.32. The average Bonchev–Trinajstić information content (AvgIpc) is 2.17. The summed E-state index contributed by atoms with van der Waals surface area (Å²) in [5.41, 5.74) is 8.02. The van der Waals surface area contributed by atoms with Gasteiger partial charge in [0.15, 0.2) is 10.8 Å². The number of hydrogen-bond acceptors (Lipinski definition) is 4. The first kappa shape index (κ1) is 9.30. The minimum Gasteiger partial charge on any atom is -0.423 e. The molecule has 0 bridgehead atoms. The molecule has 0 unspecified atom stereocenters. The molecule has 0 saturated carbocycles. The molecule has 1 aromatic heterocycles. The van der Waals surface area contributed by atoms with Crippen LogP contribution in [0.2, 0.25) is 0 Å². The van der Waals surface area contributed by atoms with E-state index in [1.54, 1.807) is 18.2 Å². The Hall–Kier alpha value is -2.26. The summed E-state index contributed by atoms with van der Waals surface area (Å²) in [5.74, 6) is 0. The predicted octanol–water partition coefficient (Wildman–Crippen LogP) is 2.28. The fraction of sp³-hybridized carbons (Fsp3) is 0.100. The number of aryl methyl sites for hydroxylation is 1. The van der Waals surface area contributed by atoms with Crippen molar-refractivity contribution in [3.8, 4) is 0 Å². The highest BCUT2D eigenvalue weighted by Crippen LogP contribution is 2.21. The summed E-state index contributed by atoms with van der Waals surface area (Å²) in [5, 5.41) is 4.41. The Morgan fingerprint density at radius 2 is 2.20 bits per heavy atom. The molecule has 0 saturated heterocycles. The van der Waals surface area contributed by atoms with Crippen LogP contribution in [0.25, 0.3) is 11.0 Å². The standard InChI is InChI=1S/C10H8N3O2/c1-6-4-10(14)15-9-5-7(12-13-11)2-3-8(6)9/h2-5,11H,1H3/q+1. The molecular weight excluding hydrogens is 194 g/mol. The normalized spacial score (nSPS) is 9.93. The summed E-state index contributed by atoms with van der Waals surface area (Å²) < 4.78 is 5.01. The molecule has 0 amide bonds. The molecule has 2 aromatic rings. The van der Waals surface area contributed by atoms with Gasteiger partial charge >= 0.3 is 5.63 Å². The van der Waals surface area contributed by atoms with Gasteiger partial charge in [0, 0.05) is 17.5 Å². The molecule has 0 radical (unpaired) electrons. The summed E-state index contributed by atoms with van der Waals surface area (Å²) in [6.45, 7) is 1.84. The number of benzene rings is 1. The van der Waals surface area contributed by atoms with Gasteiger partial charge < -0.3 is 4.42 Å². The van der Waals surface area contributed by atoms with Gasteiger partial charge in [0.05, 0.1) is 0 Å². The second-order valence-corrected chi connectivity index (χ2v) is 3.13. The zero-order valence-corrected chi connectivity index (χ0v) is 8.02. The van der Waals surface area contributed by atoms with E-state index < -0.39 is 0 Å². The van der Waals surface area contributed by atoms with Gasteiger partial charge in [-0.25, -0.2) is 4.79 Å². The average molecular weight is 202 g/mol. The third-order valence-corrected chi connectivity index (χ3v) is 2.10. The van der Waals surface area contributed by atoms with E-state index in [1.807, 2.05) is 6.92 Å². The van der Waals surface area contributed by atoms with Crippen LogP contribution in [0.1, 0.15) is 5.56 Å². The Kier molecular flexibility index (Phi) is 2.15. The SMILES string of the molecule is Cc1cc(=O)oc2cc(N=[N+]=N)ccc12. The van der Waals surface area contributed by atoms with Crippen LogP contribution in [0, 0.1) is 12.5 Å². The van der Waals surface area contributed by atoms with E-state index >= 15 is 0 Å². The summed E-state index contributed by atoms with van der Waals surface area (Å²) in [4.78, 5) is 14.0. The van der Waals surface area contributed by atoms with Crippen LogP contribution in [0.3, 0.4) is 0 Å². The molecule has 1 heterocycles. The van der Waals surface area contributed by atoms with Crippen LogP contribution in [-0.4, -0.2) is 0 Å². The van der Waals surface area contributed by atoms with Crippen molar-refractivity contribution in [1.82, 2.24) is 4.91 Å². The van der Waals surface area contributed by atoms with Crippen LogP contribution >= 0.6 is 0 Å². The smallest absolute Gasteiger partial charge is 0.336 e. The second-order valence-electron chi connectivity index (χ2n) is 3.13. The highest BCUT2D eigenvalue weighted by atomic mass is 16.4. The van der Waals surface area contributed by atoms with Crippen molar-refractivity contribution < 1.29 is 4.42 Å². The van der Waals surface area contributed by atoms with Crippen molar-refractivity contribution in [2.24, 2.45) is 5.11 Å². The van der Waals surface area contributed by atoms with E-state index in [1.165, 1.54) is 6.07 Å². The maximum Gasteiger partial charge on any atom is 0.336 e. The minimum atomic E-state index is -0.389. The van der Waals surface area contributed by atoms with Crippen LogP contribution in [0.4, 0.5) is 5.69 Å². The van der Waals surface area contributed by atoms with Crippen LogP contribution < -0.4 is 10.5 Å². The Bertz CT molecular complexity index is 624. The molecule has 0 aliphatic carbocycles. The number of hydrogen-bond donors (Lipinski definition) is 1. The molecule has 15 heavy (non-hydrogen) atoms. The topological polar surface area (TPSA) is 80.5 Å². The van der Waals surface area contributed by atoms with Crippen molar-refractivity contribution in [3.63, 3.8) is 0 Å². The number of nitrogens with one attached hydrogen (secondary N) is 1. The maximum atomic E-state index is 11.1. The summed E-state index contributed by atoms with van der Waals surface area (Å²) in [6.07, 6.45) is 0. The number of nitrogens with zero attached hydrogens (tertiary/aromatic N) is 2. The Morgan fingerprint density at radius 1 is 1.40 bits per heavy atom. The zero-order valence-electron chi connectivity index (χ0n) is 8.02. The highest BCUT2D eigenvalue weighted by Gasteiger charge is 2.04. The highest BCUT2D eigenvalue weighted by molar-refractivity contribution is 5.82. The van der Waals surface area contributed by atoms with E-state index in [-0.39, 0.29) is 5.63 Å². The molecule has 0 aliphatic rings. The Morgan fingerprint density at radius 3 is 2.93 bits per heavy atom. The first-order chi connectivity index (χ1) is 7.20. The summed E-state index contributed by atoms with van der Waals surface area (Å²) in [6, 6.07) is 6.53. The van der Waals surface area contributed by atoms with Gasteiger partial charge in [-0.2, -0.15) is 0 Å². The first-order valence-corrected chi connectivity index (χ1v) is 4.32.